The molecule has 1 aliphatic rings. The van der Waals surface area contributed by atoms with E-state index >= 15 is 0 Å². The summed E-state index contributed by atoms with van der Waals surface area (Å²) in [7, 11) is -3.50. The van der Waals surface area contributed by atoms with Crippen molar-refractivity contribution in [3.63, 3.8) is 0 Å². The lowest BCUT2D eigenvalue weighted by molar-refractivity contribution is -0.122. The Balaban J connectivity index is 1.48. The highest BCUT2D eigenvalue weighted by atomic mass is 32.2. The number of nitrogens with one attached hydrogen (secondary N) is 1. The monoisotopic (exact) mass is 414 g/mol. The molecule has 2 aromatic carbocycles. The van der Waals surface area contributed by atoms with Crippen LogP contribution in [0.1, 0.15) is 16.7 Å². The molecule has 1 saturated heterocycles. The zero-order valence-corrected chi connectivity index (χ0v) is 17.5. The molecule has 1 aliphatic heterocycles. The minimum absolute atomic E-state index is 0.184. The van der Waals surface area contributed by atoms with Crippen molar-refractivity contribution in [1.29, 1.82) is 0 Å². The van der Waals surface area contributed by atoms with Gasteiger partial charge in [0, 0.05) is 26.2 Å². The fraction of sp³-hybridized carbons (Fsp3) is 0.333. The number of rotatable bonds is 6. The van der Waals surface area contributed by atoms with Gasteiger partial charge in [0.05, 0.1) is 17.7 Å². The third-order valence-corrected chi connectivity index (χ3v) is 6.72. The van der Waals surface area contributed by atoms with Gasteiger partial charge in [0.1, 0.15) is 0 Å². The third kappa shape index (κ3) is 5.72. The minimum Gasteiger partial charge on any atom is -0.292 e. The summed E-state index contributed by atoms with van der Waals surface area (Å²) in [6.45, 7) is 5.82. The molecule has 2 aromatic rings. The summed E-state index contributed by atoms with van der Waals surface area (Å²) in [5.74, 6) is -0.219. The zero-order valence-electron chi connectivity index (χ0n) is 16.7. The van der Waals surface area contributed by atoms with Crippen LogP contribution in [0, 0.1) is 13.8 Å². The van der Waals surface area contributed by atoms with Gasteiger partial charge < -0.3 is 0 Å². The number of carbonyl (C=O) groups excluding carboxylic acids is 1. The van der Waals surface area contributed by atoms with E-state index in [1.165, 1.54) is 4.31 Å². The Bertz CT molecular complexity index is 979. The molecule has 0 atom stereocenters. The molecule has 3 rings (SSSR count). The standard InChI is InChI=1S/C21H26N4O3S/c1-17-6-8-20(9-7-17)29(27,28)25-12-10-24(11-13-25)16-21(26)23-22-15-19-5-3-4-18(2)14-19/h3-9,14-15H,10-13,16H2,1-2H3,(H,23,26). The Morgan fingerprint density at radius 1 is 1.03 bits per heavy atom. The number of piperazine rings is 1. The highest BCUT2D eigenvalue weighted by Crippen LogP contribution is 2.18. The van der Waals surface area contributed by atoms with Crippen LogP contribution in [0.3, 0.4) is 0 Å². The molecule has 0 spiro atoms. The smallest absolute Gasteiger partial charge is 0.254 e. The second-order valence-corrected chi connectivity index (χ2v) is 9.14. The Hall–Kier alpha value is -2.55. The van der Waals surface area contributed by atoms with Gasteiger partial charge in [-0.25, -0.2) is 13.8 Å². The Kier molecular flexibility index (Phi) is 6.79. The van der Waals surface area contributed by atoms with Crippen molar-refractivity contribution in [2.24, 2.45) is 5.10 Å². The lowest BCUT2D eigenvalue weighted by Crippen LogP contribution is -2.50. The van der Waals surface area contributed by atoms with Crippen molar-refractivity contribution in [3.8, 4) is 0 Å². The van der Waals surface area contributed by atoms with Gasteiger partial charge in [0.25, 0.3) is 5.91 Å². The normalized spacial score (nSPS) is 16.2. The van der Waals surface area contributed by atoms with Crippen molar-refractivity contribution in [2.45, 2.75) is 18.7 Å². The first kappa shape index (κ1) is 21.2. The van der Waals surface area contributed by atoms with Crippen LogP contribution in [-0.2, 0) is 14.8 Å². The molecule has 1 fully saturated rings. The van der Waals surface area contributed by atoms with E-state index in [9.17, 15) is 13.2 Å². The van der Waals surface area contributed by atoms with E-state index in [0.717, 1.165) is 16.7 Å². The maximum absolute atomic E-state index is 12.7. The summed E-state index contributed by atoms with van der Waals surface area (Å²) in [6, 6.07) is 14.7. The summed E-state index contributed by atoms with van der Waals surface area (Å²) >= 11 is 0. The predicted molar refractivity (Wildman–Crippen MR) is 113 cm³/mol. The van der Waals surface area contributed by atoms with Gasteiger partial charge >= 0.3 is 0 Å². The number of hydrazone groups is 1. The number of amides is 1. The number of hydrogen-bond donors (Lipinski definition) is 1. The summed E-state index contributed by atoms with van der Waals surface area (Å²) < 4.78 is 26.9. The average molecular weight is 415 g/mol. The summed E-state index contributed by atoms with van der Waals surface area (Å²) in [6.07, 6.45) is 1.61. The van der Waals surface area contributed by atoms with Crippen LogP contribution < -0.4 is 5.43 Å². The van der Waals surface area contributed by atoms with Crippen LogP contribution >= 0.6 is 0 Å². The van der Waals surface area contributed by atoms with Crippen LogP contribution in [0.4, 0.5) is 0 Å². The SMILES string of the molecule is Cc1ccc(S(=O)(=O)N2CCN(CC(=O)NN=Cc3cccc(C)c3)CC2)cc1. The molecule has 0 aromatic heterocycles. The average Bonchev–Trinajstić information content (AvgIpc) is 2.69. The molecular weight excluding hydrogens is 388 g/mol. The van der Waals surface area contributed by atoms with E-state index < -0.39 is 10.0 Å². The van der Waals surface area contributed by atoms with Crippen LogP contribution in [0.2, 0.25) is 0 Å². The molecule has 1 N–H and O–H groups in total. The molecule has 0 aliphatic carbocycles. The molecule has 0 saturated carbocycles. The quantitative estimate of drug-likeness (QED) is 0.577. The Labute approximate surface area is 172 Å². The van der Waals surface area contributed by atoms with Gasteiger partial charge in [-0.2, -0.15) is 9.41 Å². The number of benzene rings is 2. The highest BCUT2D eigenvalue weighted by molar-refractivity contribution is 7.89. The van der Waals surface area contributed by atoms with E-state index in [1.54, 1.807) is 30.5 Å². The topological polar surface area (TPSA) is 82.1 Å². The summed E-state index contributed by atoms with van der Waals surface area (Å²) in [5, 5.41) is 3.99. The first-order valence-corrected chi connectivity index (χ1v) is 11.0. The van der Waals surface area contributed by atoms with Gasteiger partial charge in [-0.05, 0) is 31.5 Å². The molecule has 7 nitrogen and oxygen atoms in total. The molecule has 8 heteroatoms. The zero-order chi connectivity index (χ0) is 20.9. The van der Waals surface area contributed by atoms with Crippen molar-refractivity contribution < 1.29 is 13.2 Å². The maximum Gasteiger partial charge on any atom is 0.254 e. The van der Waals surface area contributed by atoms with Gasteiger partial charge in [-0.3, -0.25) is 9.69 Å². The second-order valence-electron chi connectivity index (χ2n) is 7.20. The largest absolute Gasteiger partial charge is 0.292 e. The fourth-order valence-corrected chi connectivity index (χ4v) is 4.58. The number of sulfonamides is 1. The maximum atomic E-state index is 12.7. The predicted octanol–water partition coefficient (Wildman–Crippen LogP) is 1.76. The van der Waals surface area contributed by atoms with E-state index in [1.807, 2.05) is 43.0 Å². The second kappa shape index (κ2) is 9.30. The third-order valence-electron chi connectivity index (χ3n) is 4.80. The molecule has 1 amide bonds. The first-order chi connectivity index (χ1) is 13.8. The lowest BCUT2D eigenvalue weighted by Gasteiger charge is -2.33. The summed E-state index contributed by atoms with van der Waals surface area (Å²) in [5.41, 5.74) is 5.59. The van der Waals surface area contributed by atoms with Crippen molar-refractivity contribution >= 4 is 22.1 Å². The van der Waals surface area contributed by atoms with Gasteiger partial charge in [0.2, 0.25) is 10.0 Å². The van der Waals surface area contributed by atoms with E-state index in [2.05, 4.69) is 10.5 Å². The van der Waals surface area contributed by atoms with Crippen molar-refractivity contribution in [3.05, 3.63) is 65.2 Å². The van der Waals surface area contributed by atoms with Crippen LogP contribution in [0.15, 0.2) is 58.5 Å². The number of nitrogens with zero attached hydrogens (tertiary/aromatic N) is 3. The van der Waals surface area contributed by atoms with Crippen LogP contribution in [0.5, 0.6) is 0 Å². The fourth-order valence-electron chi connectivity index (χ4n) is 3.15. The molecule has 0 unspecified atom stereocenters. The molecular formula is C21H26N4O3S. The van der Waals surface area contributed by atoms with E-state index in [-0.39, 0.29) is 12.5 Å². The number of aryl methyl sites for hydroxylation is 2. The molecule has 154 valence electrons. The van der Waals surface area contributed by atoms with Gasteiger partial charge in [-0.1, -0.05) is 47.5 Å². The summed E-state index contributed by atoms with van der Waals surface area (Å²) in [4.78, 5) is 14.3. The van der Waals surface area contributed by atoms with Gasteiger partial charge in [0.15, 0.2) is 0 Å². The van der Waals surface area contributed by atoms with Crippen LogP contribution in [-0.4, -0.2) is 62.5 Å². The molecule has 29 heavy (non-hydrogen) atoms. The van der Waals surface area contributed by atoms with Crippen molar-refractivity contribution in [1.82, 2.24) is 14.6 Å². The molecule has 1 heterocycles. The Morgan fingerprint density at radius 3 is 2.38 bits per heavy atom. The van der Waals surface area contributed by atoms with E-state index in [4.69, 9.17) is 0 Å². The molecule has 0 bridgehead atoms. The Morgan fingerprint density at radius 2 is 1.72 bits per heavy atom. The van der Waals surface area contributed by atoms with Crippen molar-refractivity contribution in [2.75, 3.05) is 32.7 Å². The number of carbonyl (C=O) groups is 1. The van der Waals surface area contributed by atoms with E-state index in [0.29, 0.717) is 31.1 Å². The minimum atomic E-state index is -3.50. The molecule has 0 radical (unpaired) electrons. The lowest BCUT2D eigenvalue weighted by atomic mass is 10.2. The van der Waals surface area contributed by atoms with Gasteiger partial charge in [-0.15, -0.1) is 0 Å². The number of hydrogen-bond acceptors (Lipinski definition) is 5. The highest BCUT2D eigenvalue weighted by Gasteiger charge is 2.28. The first-order valence-electron chi connectivity index (χ1n) is 9.52. The van der Waals surface area contributed by atoms with Crippen LogP contribution in [0.25, 0.3) is 0 Å².